The van der Waals surface area contributed by atoms with Crippen LogP contribution in [0.15, 0.2) is 48.5 Å². The number of fused-ring (bicyclic) bond motifs is 1. The first-order valence-electron chi connectivity index (χ1n) is 9.69. The molecule has 0 aliphatic carbocycles. The fourth-order valence-electron chi connectivity index (χ4n) is 3.43. The Morgan fingerprint density at radius 1 is 1.10 bits per heavy atom. The fourth-order valence-corrected chi connectivity index (χ4v) is 3.43. The Hall–Kier alpha value is -3.66. The fraction of sp³-hybridized carbons (Fsp3) is 0.273. The molecule has 7 nitrogen and oxygen atoms in total. The lowest BCUT2D eigenvalue weighted by atomic mass is 10.2. The number of benzene rings is 2. The van der Waals surface area contributed by atoms with Gasteiger partial charge in [0.15, 0.2) is 12.4 Å². The normalized spacial score (nSPS) is 13.1. The van der Waals surface area contributed by atoms with Crippen LogP contribution in [-0.4, -0.2) is 27.3 Å². The molecule has 0 unspecified atom stereocenters. The highest BCUT2D eigenvalue weighted by atomic mass is 16.5. The van der Waals surface area contributed by atoms with Crippen LogP contribution in [0.4, 0.5) is 5.69 Å². The summed E-state index contributed by atoms with van der Waals surface area (Å²) in [6, 6.07) is 16.4. The van der Waals surface area contributed by atoms with Gasteiger partial charge in [0.25, 0.3) is 5.91 Å². The molecule has 0 fully saturated rings. The van der Waals surface area contributed by atoms with Crippen LogP contribution in [0.5, 0.6) is 5.75 Å². The molecule has 2 heterocycles. The Morgan fingerprint density at radius 3 is 2.76 bits per heavy atom. The van der Waals surface area contributed by atoms with Gasteiger partial charge in [-0.15, -0.1) is 10.2 Å². The van der Waals surface area contributed by atoms with E-state index >= 15 is 0 Å². The maximum Gasteiger partial charge on any atom is 0.262 e. The zero-order valence-corrected chi connectivity index (χ0v) is 16.0. The molecular formula is C22H21N5O2. The minimum absolute atomic E-state index is 0.169. The molecule has 29 heavy (non-hydrogen) atoms. The highest BCUT2D eigenvalue weighted by Crippen LogP contribution is 2.24. The first-order valence-corrected chi connectivity index (χ1v) is 9.69. The van der Waals surface area contributed by atoms with E-state index < -0.39 is 0 Å². The van der Waals surface area contributed by atoms with Crippen molar-refractivity contribution in [2.45, 2.75) is 32.2 Å². The molecule has 4 rings (SSSR count). The number of carbonyl (C=O) groups excluding carboxylic acids is 1. The quantitative estimate of drug-likeness (QED) is 0.722. The van der Waals surface area contributed by atoms with Crippen molar-refractivity contribution >= 4 is 11.6 Å². The summed E-state index contributed by atoms with van der Waals surface area (Å²) in [7, 11) is 0. The summed E-state index contributed by atoms with van der Waals surface area (Å²) in [5, 5.41) is 20.6. The van der Waals surface area contributed by atoms with Gasteiger partial charge in [-0.3, -0.25) is 4.79 Å². The summed E-state index contributed by atoms with van der Waals surface area (Å²) in [5.41, 5.74) is 2.05. The Labute approximate surface area is 169 Å². The predicted molar refractivity (Wildman–Crippen MR) is 108 cm³/mol. The molecule has 0 saturated carbocycles. The first-order chi connectivity index (χ1) is 14.2. The molecule has 1 aliphatic heterocycles. The van der Waals surface area contributed by atoms with Crippen LogP contribution in [-0.2, 0) is 17.8 Å². The van der Waals surface area contributed by atoms with E-state index in [1.165, 1.54) is 6.42 Å². The number of aryl methyl sites for hydroxylation is 1. The second-order valence-electron chi connectivity index (χ2n) is 6.92. The molecule has 2 aromatic carbocycles. The average Bonchev–Trinajstić information content (AvgIpc) is 3.01. The standard InChI is InChI=1S/C22H21N5O2/c23-14-17-6-3-4-7-19(17)29-15-21(28)24-18-11-9-16(10-12-18)22-26-25-20-8-2-1-5-13-27(20)22/h3-4,6-7,9-12H,1-2,5,8,13,15H2,(H,24,28). The van der Waals surface area contributed by atoms with Gasteiger partial charge in [0.2, 0.25) is 0 Å². The van der Waals surface area contributed by atoms with Gasteiger partial charge in [-0.1, -0.05) is 18.6 Å². The van der Waals surface area contributed by atoms with Gasteiger partial charge >= 0.3 is 0 Å². The van der Waals surface area contributed by atoms with E-state index in [1.807, 2.05) is 30.3 Å². The number of ether oxygens (including phenoxy) is 1. The van der Waals surface area contributed by atoms with Crippen LogP contribution in [0, 0.1) is 11.3 Å². The molecule has 0 saturated heterocycles. The number of carbonyl (C=O) groups is 1. The van der Waals surface area contributed by atoms with Gasteiger partial charge in [-0.2, -0.15) is 5.26 Å². The molecule has 0 radical (unpaired) electrons. The molecular weight excluding hydrogens is 366 g/mol. The monoisotopic (exact) mass is 387 g/mol. The van der Waals surface area contributed by atoms with Gasteiger partial charge in [-0.05, 0) is 49.2 Å². The zero-order valence-electron chi connectivity index (χ0n) is 16.0. The number of nitriles is 1. The highest BCUT2D eigenvalue weighted by molar-refractivity contribution is 5.92. The van der Waals surface area contributed by atoms with Crippen molar-refractivity contribution in [3.8, 4) is 23.2 Å². The lowest BCUT2D eigenvalue weighted by Gasteiger charge is -2.10. The van der Waals surface area contributed by atoms with Crippen molar-refractivity contribution in [3.63, 3.8) is 0 Å². The number of nitrogens with one attached hydrogen (secondary N) is 1. The number of aromatic nitrogens is 3. The highest BCUT2D eigenvalue weighted by Gasteiger charge is 2.16. The molecule has 7 heteroatoms. The number of rotatable bonds is 5. The molecule has 0 spiro atoms. The van der Waals surface area contributed by atoms with Crippen molar-refractivity contribution < 1.29 is 9.53 Å². The van der Waals surface area contributed by atoms with Gasteiger partial charge < -0.3 is 14.6 Å². The van der Waals surface area contributed by atoms with Crippen molar-refractivity contribution in [1.82, 2.24) is 14.8 Å². The topological polar surface area (TPSA) is 92.8 Å². The molecule has 1 aliphatic rings. The van der Waals surface area contributed by atoms with Crippen LogP contribution in [0.3, 0.4) is 0 Å². The number of anilines is 1. The van der Waals surface area contributed by atoms with Crippen LogP contribution in [0.25, 0.3) is 11.4 Å². The largest absolute Gasteiger partial charge is 0.482 e. The second-order valence-corrected chi connectivity index (χ2v) is 6.92. The van der Waals surface area contributed by atoms with Crippen molar-refractivity contribution in [1.29, 1.82) is 5.26 Å². The van der Waals surface area contributed by atoms with E-state index in [9.17, 15) is 4.79 Å². The van der Waals surface area contributed by atoms with Gasteiger partial charge in [-0.25, -0.2) is 0 Å². The summed E-state index contributed by atoms with van der Waals surface area (Å²) >= 11 is 0. The molecule has 0 atom stereocenters. The summed E-state index contributed by atoms with van der Waals surface area (Å²) in [4.78, 5) is 12.2. The molecule has 146 valence electrons. The minimum Gasteiger partial charge on any atom is -0.482 e. The predicted octanol–water partition coefficient (Wildman–Crippen LogP) is 3.56. The van der Waals surface area contributed by atoms with Crippen LogP contribution in [0.1, 0.15) is 30.7 Å². The third-order valence-electron chi connectivity index (χ3n) is 4.90. The van der Waals surface area contributed by atoms with E-state index in [-0.39, 0.29) is 12.5 Å². The molecule has 0 bridgehead atoms. The van der Waals surface area contributed by atoms with Crippen molar-refractivity contribution in [3.05, 3.63) is 59.9 Å². The number of amides is 1. The number of hydrogen-bond acceptors (Lipinski definition) is 5. The van der Waals surface area contributed by atoms with Crippen molar-refractivity contribution in [2.24, 2.45) is 0 Å². The third kappa shape index (κ3) is 4.27. The van der Waals surface area contributed by atoms with E-state index in [1.54, 1.807) is 24.3 Å². The minimum atomic E-state index is -0.290. The zero-order chi connectivity index (χ0) is 20.1. The maximum atomic E-state index is 12.2. The average molecular weight is 387 g/mol. The third-order valence-corrected chi connectivity index (χ3v) is 4.90. The van der Waals surface area contributed by atoms with Crippen molar-refractivity contribution in [2.75, 3.05) is 11.9 Å². The second kappa shape index (κ2) is 8.57. The van der Waals surface area contributed by atoms with Gasteiger partial charge in [0.1, 0.15) is 17.6 Å². The Balaban J connectivity index is 1.39. The number of para-hydroxylation sites is 1. The van der Waals surface area contributed by atoms with Crippen LogP contribution < -0.4 is 10.1 Å². The molecule has 3 aromatic rings. The molecule has 1 aromatic heterocycles. The van der Waals surface area contributed by atoms with Crippen LogP contribution in [0.2, 0.25) is 0 Å². The van der Waals surface area contributed by atoms with E-state index in [0.29, 0.717) is 17.0 Å². The molecule has 1 N–H and O–H groups in total. The SMILES string of the molecule is N#Cc1ccccc1OCC(=O)Nc1ccc(-c2nnc3n2CCCCC3)cc1. The van der Waals surface area contributed by atoms with E-state index in [4.69, 9.17) is 10.00 Å². The lowest BCUT2D eigenvalue weighted by Crippen LogP contribution is -2.20. The van der Waals surface area contributed by atoms with E-state index in [2.05, 4.69) is 20.1 Å². The van der Waals surface area contributed by atoms with Gasteiger partial charge in [0.05, 0.1) is 5.56 Å². The Morgan fingerprint density at radius 2 is 1.93 bits per heavy atom. The molecule has 1 amide bonds. The number of hydrogen-bond donors (Lipinski definition) is 1. The number of nitrogens with zero attached hydrogens (tertiary/aromatic N) is 4. The summed E-state index contributed by atoms with van der Waals surface area (Å²) in [5.74, 6) is 2.02. The first kappa shape index (κ1) is 18.7. The lowest BCUT2D eigenvalue weighted by molar-refractivity contribution is -0.118. The Bertz CT molecular complexity index is 1050. The maximum absolute atomic E-state index is 12.2. The summed E-state index contributed by atoms with van der Waals surface area (Å²) < 4.78 is 7.66. The summed E-state index contributed by atoms with van der Waals surface area (Å²) in [6.45, 7) is 0.774. The van der Waals surface area contributed by atoms with E-state index in [0.717, 1.165) is 43.0 Å². The summed E-state index contributed by atoms with van der Waals surface area (Å²) in [6.07, 6.45) is 4.48. The smallest absolute Gasteiger partial charge is 0.262 e. The van der Waals surface area contributed by atoms with Gasteiger partial charge in [0, 0.05) is 24.2 Å². The van der Waals surface area contributed by atoms with Crippen LogP contribution >= 0.6 is 0 Å². The Kier molecular flexibility index (Phi) is 5.52.